The lowest BCUT2D eigenvalue weighted by Gasteiger charge is -2.42. The number of nitrogens with zero attached hydrogens (tertiary/aromatic N) is 2. The lowest BCUT2D eigenvalue weighted by Crippen LogP contribution is -2.62. The number of hydrogen-bond donors (Lipinski definition) is 1. The third kappa shape index (κ3) is 3.13. The van der Waals surface area contributed by atoms with E-state index in [0.717, 1.165) is 11.3 Å². The van der Waals surface area contributed by atoms with Crippen LogP contribution in [0.25, 0.3) is 0 Å². The van der Waals surface area contributed by atoms with Crippen LogP contribution in [-0.4, -0.2) is 60.4 Å². The molecule has 0 bridgehead atoms. The molecule has 7 heteroatoms. The van der Waals surface area contributed by atoms with E-state index in [0.29, 0.717) is 25.9 Å². The lowest BCUT2D eigenvalue weighted by atomic mass is 10.0. The van der Waals surface area contributed by atoms with E-state index >= 15 is 0 Å². The quantitative estimate of drug-likeness (QED) is 0.797. The summed E-state index contributed by atoms with van der Waals surface area (Å²) in [6.07, 6.45) is 1.08. The number of carbonyl (C=O) groups excluding carboxylic acids is 3. The van der Waals surface area contributed by atoms with Crippen molar-refractivity contribution in [3.05, 3.63) is 29.8 Å². The van der Waals surface area contributed by atoms with Crippen molar-refractivity contribution >= 4 is 17.8 Å². The Labute approximate surface area is 134 Å². The fraction of sp³-hybridized carbons (Fsp3) is 0.438. The Morgan fingerprint density at radius 2 is 1.96 bits per heavy atom. The minimum atomic E-state index is -0.356. The maximum absolute atomic E-state index is 12.1. The van der Waals surface area contributed by atoms with E-state index < -0.39 is 0 Å². The van der Waals surface area contributed by atoms with Crippen LogP contribution in [0.4, 0.5) is 4.79 Å². The molecular weight excluding hydrogens is 298 g/mol. The Morgan fingerprint density at radius 1 is 1.26 bits per heavy atom. The molecule has 0 aromatic heterocycles. The fourth-order valence-electron chi connectivity index (χ4n) is 2.83. The zero-order valence-electron chi connectivity index (χ0n) is 12.9. The van der Waals surface area contributed by atoms with Crippen molar-refractivity contribution in [3.63, 3.8) is 0 Å². The van der Waals surface area contributed by atoms with E-state index in [2.05, 4.69) is 5.32 Å². The zero-order valence-corrected chi connectivity index (χ0v) is 12.9. The Hall–Kier alpha value is -2.57. The number of hydrogen-bond acceptors (Lipinski definition) is 4. The van der Waals surface area contributed by atoms with Gasteiger partial charge < -0.3 is 15.0 Å². The van der Waals surface area contributed by atoms with Crippen LogP contribution in [0.3, 0.4) is 0 Å². The van der Waals surface area contributed by atoms with Gasteiger partial charge in [-0.15, -0.1) is 0 Å². The average molecular weight is 317 g/mol. The van der Waals surface area contributed by atoms with Gasteiger partial charge in [0.25, 0.3) is 0 Å². The van der Waals surface area contributed by atoms with Crippen LogP contribution in [0, 0.1) is 0 Å². The first-order chi connectivity index (χ1) is 11.1. The molecule has 1 aromatic rings. The summed E-state index contributed by atoms with van der Waals surface area (Å²) in [5.74, 6) is 0.619. The lowest BCUT2D eigenvalue weighted by molar-refractivity contribution is -0.142. The molecule has 4 amide bonds. The van der Waals surface area contributed by atoms with E-state index in [9.17, 15) is 14.4 Å². The summed E-state index contributed by atoms with van der Waals surface area (Å²) in [5.41, 5.74) is 1.07. The first-order valence-electron chi connectivity index (χ1n) is 7.59. The average Bonchev–Trinajstić information content (AvgIpc) is 2.84. The zero-order chi connectivity index (χ0) is 16.4. The largest absolute Gasteiger partial charge is 0.497 e. The monoisotopic (exact) mass is 317 g/mol. The second-order valence-electron chi connectivity index (χ2n) is 5.72. The van der Waals surface area contributed by atoms with E-state index in [4.69, 9.17) is 4.74 Å². The molecule has 1 N–H and O–H groups in total. The van der Waals surface area contributed by atoms with Gasteiger partial charge in [0, 0.05) is 19.5 Å². The number of rotatable bonds is 5. The second-order valence-corrected chi connectivity index (χ2v) is 5.72. The normalized spacial score (nSPS) is 18.0. The van der Waals surface area contributed by atoms with Gasteiger partial charge >= 0.3 is 6.03 Å². The molecule has 1 aromatic carbocycles. The number of amides is 4. The molecule has 0 unspecified atom stereocenters. The van der Waals surface area contributed by atoms with Crippen LogP contribution < -0.4 is 10.1 Å². The molecular formula is C16H19N3O4. The van der Waals surface area contributed by atoms with Crippen LogP contribution in [0.5, 0.6) is 5.75 Å². The van der Waals surface area contributed by atoms with Crippen LogP contribution in [-0.2, 0) is 16.0 Å². The van der Waals surface area contributed by atoms with Crippen molar-refractivity contribution < 1.29 is 19.1 Å². The Balaban J connectivity index is 1.45. The molecule has 0 spiro atoms. The summed E-state index contributed by atoms with van der Waals surface area (Å²) in [4.78, 5) is 38.2. The maximum atomic E-state index is 12.1. The number of imide groups is 1. The molecule has 23 heavy (non-hydrogen) atoms. The molecule has 0 radical (unpaired) electrons. The third-order valence-electron chi connectivity index (χ3n) is 4.25. The van der Waals surface area contributed by atoms with Gasteiger partial charge in [-0.3, -0.25) is 14.5 Å². The Kier molecular flexibility index (Phi) is 4.18. The number of aryl methyl sites for hydroxylation is 1. The van der Waals surface area contributed by atoms with Crippen molar-refractivity contribution in [2.45, 2.75) is 18.9 Å². The highest BCUT2D eigenvalue weighted by Gasteiger charge is 2.42. The second kappa shape index (κ2) is 6.28. The molecule has 2 saturated heterocycles. The summed E-state index contributed by atoms with van der Waals surface area (Å²) < 4.78 is 5.10. The summed E-state index contributed by atoms with van der Waals surface area (Å²) in [6, 6.07) is 7.09. The summed E-state index contributed by atoms with van der Waals surface area (Å²) in [5, 5.41) is 2.49. The van der Waals surface area contributed by atoms with Gasteiger partial charge in [-0.1, -0.05) is 12.1 Å². The van der Waals surface area contributed by atoms with E-state index in [1.54, 1.807) is 12.0 Å². The van der Waals surface area contributed by atoms with Crippen LogP contribution in [0.1, 0.15) is 12.0 Å². The van der Waals surface area contributed by atoms with Crippen molar-refractivity contribution in [2.24, 2.45) is 0 Å². The number of nitrogens with one attached hydrogen (secondary N) is 1. The Morgan fingerprint density at radius 3 is 2.52 bits per heavy atom. The van der Waals surface area contributed by atoms with E-state index in [1.807, 2.05) is 24.3 Å². The van der Waals surface area contributed by atoms with Crippen LogP contribution in [0.2, 0.25) is 0 Å². The number of benzene rings is 1. The summed E-state index contributed by atoms with van der Waals surface area (Å²) >= 11 is 0. The molecule has 0 aliphatic carbocycles. The van der Waals surface area contributed by atoms with Gasteiger partial charge in [-0.25, -0.2) is 4.79 Å². The molecule has 122 valence electrons. The van der Waals surface area contributed by atoms with Gasteiger partial charge in [-0.2, -0.15) is 0 Å². The number of likely N-dealkylation sites (tertiary alicyclic amines) is 1. The molecule has 7 nitrogen and oxygen atoms in total. The highest BCUT2D eigenvalue weighted by molar-refractivity contribution is 6.02. The van der Waals surface area contributed by atoms with Crippen molar-refractivity contribution in [1.82, 2.24) is 15.1 Å². The minimum absolute atomic E-state index is 0.0455. The maximum Gasteiger partial charge on any atom is 0.324 e. The van der Waals surface area contributed by atoms with Crippen molar-refractivity contribution in [2.75, 3.05) is 26.7 Å². The first kappa shape index (κ1) is 15.3. The van der Waals surface area contributed by atoms with Crippen molar-refractivity contribution in [3.8, 4) is 5.75 Å². The molecule has 0 saturated carbocycles. The Bertz CT molecular complexity index is 607. The number of carbonyl (C=O) groups is 3. The minimum Gasteiger partial charge on any atom is -0.497 e. The smallest absolute Gasteiger partial charge is 0.324 e. The predicted octanol–water partition coefficient (Wildman–Crippen LogP) is 0.390. The van der Waals surface area contributed by atoms with Crippen LogP contribution >= 0.6 is 0 Å². The van der Waals surface area contributed by atoms with Gasteiger partial charge in [-0.05, 0) is 24.1 Å². The van der Waals surface area contributed by atoms with E-state index in [-0.39, 0.29) is 30.4 Å². The van der Waals surface area contributed by atoms with Gasteiger partial charge in [0.2, 0.25) is 11.8 Å². The molecule has 2 heterocycles. The molecule has 0 atom stereocenters. The first-order valence-corrected chi connectivity index (χ1v) is 7.59. The number of urea groups is 1. The van der Waals surface area contributed by atoms with Crippen molar-refractivity contribution in [1.29, 1.82) is 0 Å². The number of ether oxygens (including phenoxy) is 1. The SMILES string of the molecule is COc1ccc(CCC(=O)N2CC(N3C(=O)CNC3=O)C2)cc1. The predicted molar refractivity (Wildman–Crippen MR) is 81.9 cm³/mol. The fourth-order valence-corrected chi connectivity index (χ4v) is 2.83. The molecule has 2 aliphatic rings. The van der Waals surface area contributed by atoms with Gasteiger partial charge in [0.15, 0.2) is 0 Å². The highest BCUT2D eigenvalue weighted by Crippen LogP contribution is 2.19. The third-order valence-corrected chi connectivity index (χ3v) is 4.25. The summed E-state index contributed by atoms with van der Waals surface area (Å²) in [7, 11) is 1.62. The summed E-state index contributed by atoms with van der Waals surface area (Å²) in [6.45, 7) is 0.919. The molecule has 2 fully saturated rings. The number of methoxy groups -OCH3 is 1. The van der Waals surface area contributed by atoms with Gasteiger partial charge in [0.05, 0.1) is 19.7 Å². The van der Waals surface area contributed by atoms with Gasteiger partial charge in [0.1, 0.15) is 5.75 Å². The highest BCUT2D eigenvalue weighted by atomic mass is 16.5. The standard InChI is InChI=1S/C16H19N3O4/c1-23-13-5-2-11(3-6-13)4-7-14(20)18-9-12(10-18)19-15(21)8-17-16(19)22/h2-3,5-6,12H,4,7-10H2,1H3,(H,17,22). The molecule has 2 aliphatic heterocycles. The molecule has 3 rings (SSSR count). The van der Waals surface area contributed by atoms with Crippen LogP contribution in [0.15, 0.2) is 24.3 Å². The van der Waals surface area contributed by atoms with E-state index in [1.165, 1.54) is 4.90 Å². The topological polar surface area (TPSA) is 79.0 Å².